The van der Waals surface area contributed by atoms with Gasteiger partial charge in [0.25, 0.3) is 10.0 Å². The highest BCUT2D eigenvalue weighted by molar-refractivity contribution is 9.11. The molecule has 112 valence electrons. The first-order valence-electron chi connectivity index (χ1n) is 5.66. The smallest absolute Gasteiger partial charge is 0.261 e. The molecule has 0 aliphatic carbocycles. The Morgan fingerprint density at radius 2 is 1.48 bits per heavy atom. The van der Waals surface area contributed by atoms with Gasteiger partial charge in [-0.3, -0.25) is 4.72 Å². The van der Waals surface area contributed by atoms with Crippen LogP contribution in [0.5, 0.6) is 0 Å². The molecular formula is C13H9Br4NO2S. The molecule has 3 nitrogen and oxygen atoms in total. The Labute approximate surface area is 157 Å². The van der Waals surface area contributed by atoms with Gasteiger partial charge in [-0.05, 0) is 61.7 Å². The number of anilines is 1. The Morgan fingerprint density at radius 3 is 1.95 bits per heavy atom. The zero-order valence-electron chi connectivity index (χ0n) is 10.4. The standard InChI is InChI=1S/C13H9Br4NO2S/c14-7-8-1-3-10(4-2-8)21(19,20)18-13-11(16)5-9(15)6-12(13)17/h1-6,18H,7H2. The molecule has 2 aromatic carbocycles. The molecular weight excluding hydrogens is 554 g/mol. The fourth-order valence-electron chi connectivity index (χ4n) is 1.59. The van der Waals surface area contributed by atoms with Gasteiger partial charge in [-0.2, -0.15) is 0 Å². The van der Waals surface area contributed by atoms with E-state index in [2.05, 4.69) is 68.4 Å². The van der Waals surface area contributed by atoms with Crippen LogP contribution in [0.15, 0.2) is 54.7 Å². The van der Waals surface area contributed by atoms with Crippen molar-refractivity contribution in [3.8, 4) is 0 Å². The molecule has 0 heterocycles. The first-order chi connectivity index (χ1) is 9.83. The number of alkyl halides is 1. The highest BCUT2D eigenvalue weighted by Crippen LogP contribution is 2.35. The number of sulfonamides is 1. The SMILES string of the molecule is O=S(=O)(Nc1c(Br)cc(Br)cc1Br)c1ccc(CBr)cc1. The summed E-state index contributed by atoms with van der Waals surface area (Å²) >= 11 is 13.4. The number of nitrogens with one attached hydrogen (secondary N) is 1. The molecule has 2 rings (SSSR count). The molecule has 0 bridgehead atoms. The predicted molar refractivity (Wildman–Crippen MR) is 99.4 cm³/mol. The lowest BCUT2D eigenvalue weighted by Gasteiger charge is -2.12. The van der Waals surface area contributed by atoms with Gasteiger partial charge in [-0.15, -0.1) is 0 Å². The maximum Gasteiger partial charge on any atom is 0.261 e. The van der Waals surface area contributed by atoms with Crippen LogP contribution in [-0.2, 0) is 15.4 Å². The van der Waals surface area contributed by atoms with Crippen LogP contribution < -0.4 is 4.72 Å². The third kappa shape index (κ3) is 4.31. The van der Waals surface area contributed by atoms with Gasteiger partial charge in [-0.25, -0.2) is 8.42 Å². The molecule has 8 heteroatoms. The highest BCUT2D eigenvalue weighted by Gasteiger charge is 2.17. The molecule has 0 amide bonds. The number of benzene rings is 2. The minimum Gasteiger partial charge on any atom is -0.277 e. The van der Waals surface area contributed by atoms with E-state index in [0.29, 0.717) is 20.0 Å². The summed E-state index contributed by atoms with van der Waals surface area (Å²) in [6.45, 7) is 0. The molecule has 0 aromatic heterocycles. The fraction of sp³-hybridized carbons (Fsp3) is 0.0769. The van der Waals surface area contributed by atoms with Gasteiger partial charge in [0.2, 0.25) is 0 Å². The number of rotatable bonds is 4. The minimum atomic E-state index is -3.64. The molecule has 0 aliphatic rings. The van der Waals surface area contributed by atoms with E-state index in [1.807, 2.05) is 0 Å². The second-order valence-corrected chi connectivity index (χ2v) is 9.00. The average Bonchev–Trinajstić information content (AvgIpc) is 2.43. The second-order valence-electron chi connectivity index (χ2n) is 4.13. The molecule has 0 radical (unpaired) electrons. The molecule has 0 saturated carbocycles. The molecule has 0 unspecified atom stereocenters. The van der Waals surface area contributed by atoms with Gasteiger partial charge >= 0.3 is 0 Å². The van der Waals surface area contributed by atoms with Crippen LogP contribution in [0, 0.1) is 0 Å². The molecule has 0 spiro atoms. The monoisotopic (exact) mass is 559 g/mol. The maximum absolute atomic E-state index is 12.4. The molecule has 1 N–H and O–H groups in total. The Kier molecular flexibility index (Phi) is 5.92. The largest absolute Gasteiger partial charge is 0.277 e. The summed E-state index contributed by atoms with van der Waals surface area (Å²) in [5.74, 6) is 0. The minimum absolute atomic E-state index is 0.217. The Morgan fingerprint density at radius 1 is 0.952 bits per heavy atom. The van der Waals surface area contributed by atoms with Crippen molar-refractivity contribution in [3.05, 3.63) is 55.4 Å². The van der Waals surface area contributed by atoms with E-state index >= 15 is 0 Å². The third-order valence-electron chi connectivity index (χ3n) is 2.63. The Bertz CT molecular complexity index is 737. The molecule has 21 heavy (non-hydrogen) atoms. The Hall–Kier alpha value is 0.110. The van der Waals surface area contributed by atoms with Crippen molar-refractivity contribution in [2.75, 3.05) is 4.72 Å². The summed E-state index contributed by atoms with van der Waals surface area (Å²) in [7, 11) is -3.64. The maximum atomic E-state index is 12.4. The zero-order valence-corrected chi connectivity index (χ0v) is 17.6. The van der Waals surface area contributed by atoms with Crippen LogP contribution in [0.3, 0.4) is 0 Å². The molecule has 0 aliphatic heterocycles. The van der Waals surface area contributed by atoms with Crippen molar-refractivity contribution in [2.45, 2.75) is 10.2 Å². The first kappa shape index (κ1) is 17.5. The van der Waals surface area contributed by atoms with Gasteiger partial charge < -0.3 is 0 Å². The van der Waals surface area contributed by atoms with Crippen LogP contribution in [0.1, 0.15) is 5.56 Å². The molecule has 2 aromatic rings. The van der Waals surface area contributed by atoms with E-state index in [-0.39, 0.29) is 4.90 Å². The van der Waals surface area contributed by atoms with Crippen LogP contribution >= 0.6 is 63.7 Å². The van der Waals surface area contributed by atoms with E-state index in [1.54, 1.807) is 36.4 Å². The summed E-state index contributed by atoms with van der Waals surface area (Å²) in [5, 5.41) is 0.685. The van der Waals surface area contributed by atoms with E-state index in [1.165, 1.54) is 0 Å². The van der Waals surface area contributed by atoms with Crippen molar-refractivity contribution in [2.24, 2.45) is 0 Å². The van der Waals surface area contributed by atoms with E-state index < -0.39 is 10.0 Å². The molecule has 0 saturated heterocycles. The molecule has 0 fully saturated rings. The number of hydrogen-bond acceptors (Lipinski definition) is 2. The van der Waals surface area contributed by atoms with Gasteiger partial charge in [0.15, 0.2) is 0 Å². The molecule has 0 atom stereocenters. The highest BCUT2D eigenvalue weighted by atomic mass is 79.9. The second kappa shape index (κ2) is 7.12. The van der Waals surface area contributed by atoms with Gasteiger partial charge in [0, 0.05) is 18.7 Å². The average molecular weight is 563 g/mol. The zero-order chi connectivity index (χ0) is 15.6. The van der Waals surface area contributed by atoms with Gasteiger partial charge in [0.05, 0.1) is 10.6 Å². The topological polar surface area (TPSA) is 46.2 Å². The first-order valence-corrected chi connectivity index (χ1v) is 10.6. The third-order valence-corrected chi connectivity index (χ3v) is 6.35. The normalized spacial score (nSPS) is 11.4. The summed E-state index contributed by atoms with van der Waals surface area (Å²) < 4.78 is 29.5. The fourth-order valence-corrected chi connectivity index (χ4v) is 5.78. The van der Waals surface area contributed by atoms with E-state index in [9.17, 15) is 8.42 Å². The van der Waals surface area contributed by atoms with Crippen molar-refractivity contribution in [1.29, 1.82) is 0 Å². The van der Waals surface area contributed by atoms with Crippen LogP contribution in [0.2, 0.25) is 0 Å². The lowest BCUT2D eigenvalue weighted by Crippen LogP contribution is -2.13. The number of halogens is 4. The van der Waals surface area contributed by atoms with Crippen molar-refractivity contribution >= 4 is 79.4 Å². The van der Waals surface area contributed by atoms with Gasteiger partial charge in [-0.1, -0.05) is 44.0 Å². The summed E-state index contributed by atoms with van der Waals surface area (Å²) in [4.78, 5) is 0.217. The lowest BCUT2D eigenvalue weighted by molar-refractivity contribution is 0.601. The predicted octanol–water partition coefficient (Wildman–Crippen LogP) is 5.67. The van der Waals surface area contributed by atoms with E-state index in [4.69, 9.17) is 0 Å². The van der Waals surface area contributed by atoms with Crippen molar-refractivity contribution in [3.63, 3.8) is 0 Å². The summed E-state index contributed by atoms with van der Waals surface area (Å²) in [6.07, 6.45) is 0. The van der Waals surface area contributed by atoms with Crippen LogP contribution in [0.4, 0.5) is 5.69 Å². The van der Waals surface area contributed by atoms with Crippen LogP contribution in [-0.4, -0.2) is 8.42 Å². The Balaban J connectivity index is 2.37. The van der Waals surface area contributed by atoms with Crippen molar-refractivity contribution < 1.29 is 8.42 Å². The summed E-state index contributed by atoms with van der Waals surface area (Å²) in [6, 6.07) is 10.3. The summed E-state index contributed by atoms with van der Waals surface area (Å²) in [5.41, 5.74) is 1.47. The number of hydrogen-bond donors (Lipinski definition) is 1. The lowest BCUT2D eigenvalue weighted by atomic mass is 10.2. The van der Waals surface area contributed by atoms with Gasteiger partial charge in [0.1, 0.15) is 0 Å². The van der Waals surface area contributed by atoms with Crippen LogP contribution in [0.25, 0.3) is 0 Å². The van der Waals surface area contributed by atoms with Crippen molar-refractivity contribution in [1.82, 2.24) is 0 Å². The quantitative estimate of drug-likeness (QED) is 0.488. The van der Waals surface area contributed by atoms with E-state index in [0.717, 1.165) is 10.0 Å².